The maximum atomic E-state index is 12.5. The average molecular weight is 509 g/mol. The molecule has 0 aromatic rings. The van der Waals surface area contributed by atoms with Crippen molar-refractivity contribution in [1.29, 1.82) is 0 Å². The molecular weight excluding hydrogens is 460 g/mol. The normalized spacial score (nSPS) is 17.9. The minimum Gasteiger partial charge on any atom is -0.481 e. The third-order valence-corrected chi connectivity index (χ3v) is 6.35. The number of carbonyl (C=O) groups excluding carboxylic acids is 3. The number of amides is 3. The van der Waals surface area contributed by atoms with Gasteiger partial charge in [0.1, 0.15) is 0 Å². The summed E-state index contributed by atoms with van der Waals surface area (Å²) in [5, 5.41) is 15.4. The maximum absolute atomic E-state index is 12.5. The molecule has 0 radical (unpaired) electrons. The number of hydrazine groups is 1. The first-order valence-corrected chi connectivity index (χ1v) is 13.4. The third kappa shape index (κ3) is 13.6. The summed E-state index contributed by atoms with van der Waals surface area (Å²) in [6, 6.07) is -0.191. The van der Waals surface area contributed by atoms with Gasteiger partial charge >= 0.3 is 17.8 Å². The summed E-state index contributed by atoms with van der Waals surface area (Å²) in [5.74, 6) is -4.56. The van der Waals surface area contributed by atoms with Crippen LogP contribution in [0.25, 0.3) is 0 Å². The zero-order valence-corrected chi connectivity index (χ0v) is 22.9. The molecule has 0 spiro atoms. The van der Waals surface area contributed by atoms with Gasteiger partial charge in [-0.25, -0.2) is 0 Å². The van der Waals surface area contributed by atoms with E-state index in [1.54, 1.807) is 6.08 Å². The van der Waals surface area contributed by atoms with Crippen molar-refractivity contribution >= 4 is 23.7 Å². The van der Waals surface area contributed by atoms with Gasteiger partial charge in [0.05, 0.1) is 12.3 Å². The largest absolute Gasteiger partial charge is 0.481 e. The van der Waals surface area contributed by atoms with Gasteiger partial charge in [-0.3, -0.25) is 30.0 Å². The first-order chi connectivity index (χ1) is 16.8. The highest BCUT2D eigenvalue weighted by Crippen LogP contribution is 2.28. The lowest BCUT2D eigenvalue weighted by Crippen LogP contribution is -2.63. The van der Waals surface area contributed by atoms with Gasteiger partial charge in [0.25, 0.3) is 0 Å². The van der Waals surface area contributed by atoms with Crippen LogP contribution in [0.1, 0.15) is 112 Å². The number of allylic oxidation sites excluding steroid dienone is 1. The molecule has 1 aliphatic heterocycles. The van der Waals surface area contributed by atoms with Gasteiger partial charge in [-0.1, -0.05) is 64.0 Å². The Morgan fingerprint density at radius 2 is 1.44 bits per heavy atom. The number of unbranched alkanes of at least 4 members (excludes halogenated alkanes) is 8. The SMILES string of the molecule is CCCCCCCCCC/C=C/C(CC(=O)O)C(=O)NNC(=O)C(=O)NC1CC(C)(C)NC(C)(C)C1. The molecule has 9 nitrogen and oxygen atoms in total. The molecule has 0 aromatic carbocycles. The number of nitrogens with one attached hydrogen (secondary N) is 4. The van der Waals surface area contributed by atoms with Crippen LogP contribution in [-0.2, 0) is 19.2 Å². The molecule has 1 unspecified atom stereocenters. The van der Waals surface area contributed by atoms with E-state index in [0.717, 1.165) is 19.3 Å². The molecule has 1 heterocycles. The molecular formula is C27H48N4O5. The molecule has 206 valence electrons. The second-order valence-corrected chi connectivity index (χ2v) is 11.3. The smallest absolute Gasteiger partial charge is 0.327 e. The predicted octanol–water partition coefficient (Wildman–Crippen LogP) is 3.74. The molecule has 3 amide bonds. The number of aliphatic carboxylic acids is 1. The van der Waals surface area contributed by atoms with E-state index in [9.17, 15) is 19.2 Å². The molecule has 5 N–H and O–H groups in total. The third-order valence-electron chi connectivity index (χ3n) is 6.35. The van der Waals surface area contributed by atoms with E-state index in [2.05, 4.69) is 28.4 Å². The fourth-order valence-corrected chi connectivity index (χ4v) is 5.04. The van der Waals surface area contributed by atoms with Crippen molar-refractivity contribution in [3.63, 3.8) is 0 Å². The van der Waals surface area contributed by atoms with Crippen LogP contribution in [-0.4, -0.2) is 45.9 Å². The van der Waals surface area contributed by atoms with Crippen molar-refractivity contribution < 1.29 is 24.3 Å². The van der Waals surface area contributed by atoms with Gasteiger partial charge in [-0.15, -0.1) is 0 Å². The van der Waals surface area contributed by atoms with E-state index in [1.165, 1.54) is 38.5 Å². The Morgan fingerprint density at radius 1 is 0.889 bits per heavy atom. The molecule has 0 bridgehead atoms. The Kier molecular flexibility index (Phi) is 13.7. The minimum absolute atomic E-state index is 0.191. The number of carboxylic acids is 1. The summed E-state index contributed by atoms with van der Waals surface area (Å²) >= 11 is 0. The molecule has 1 aliphatic rings. The molecule has 9 heteroatoms. The van der Waals surface area contributed by atoms with Crippen molar-refractivity contribution in [1.82, 2.24) is 21.5 Å². The molecule has 0 aliphatic carbocycles. The second kappa shape index (κ2) is 15.6. The summed E-state index contributed by atoms with van der Waals surface area (Å²) in [7, 11) is 0. The van der Waals surface area contributed by atoms with Crippen LogP contribution < -0.4 is 21.5 Å². The summed E-state index contributed by atoms with van der Waals surface area (Å²) in [6.45, 7) is 10.4. The molecule has 36 heavy (non-hydrogen) atoms. The van der Waals surface area contributed by atoms with Crippen LogP contribution in [0.4, 0.5) is 0 Å². The van der Waals surface area contributed by atoms with Crippen LogP contribution in [0.2, 0.25) is 0 Å². The molecule has 1 fully saturated rings. The first kappa shape index (κ1) is 31.6. The Labute approximate surface area is 216 Å². The van der Waals surface area contributed by atoms with Gasteiger partial charge in [-0.05, 0) is 53.4 Å². The van der Waals surface area contributed by atoms with Gasteiger partial charge in [0.15, 0.2) is 0 Å². The highest BCUT2D eigenvalue weighted by Gasteiger charge is 2.38. The van der Waals surface area contributed by atoms with E-state index in [0.29, 0.717) is 12.8 Å². The summed E-state index contributed by atoms with van der Waals surface area (Å²) in [4.78, 5) is 48.3. The number of hydrogen-bond acceptors (Lipinski definition) is 5. The molecule has 1 saturated heterocycles. The van der Waals surface area contributed by atoms with Crippen molar-refractivity contribution in [2.24, 2.45) is 5.92 Å². The fraction of sp³-hybridized carbons (Fsp3) is 0.778. The van der Waals surface area contributed by atoms with E-state index >= 15 is 0 Å². The lowest BCUT2D eigenvalue weighted by atomic mass is 9.79. The first-order valence-electron chi connectivity index (χ1n) is 13.4. The Morgan fingerprint density at radius 3 is 2.00 bits per heavy atom. The van der Waals surface area contributed by atoms with Crippen molar-refractivity contribution in [3.05, 3.63) is 12.2 Å². The zero-order valence-electron chi connectivity index (χ0n) is 22.9. The summed E-state index contributed by atoms with van der Waals surface area (Å²) < 4.78 is 0. The highest BCUT2D eigenvalue weighted by molar-refractivity contribution is 6.35. The Balaban J connectivity index is 2.45. The number of carbonyl (C=O) groups is 4. The monoisotopic (exact) mass is 508 g/mol. The van der Waals surface area contributed by atoms with Crippen LogP contribution in [0.5, 0.6) is 0 Å². The van der Waals surface area contributed by atoms with Gasteiger partial charge in [0, 0.05) is 17.1 Å². The quantitative estimate of drug-likeness (QED) is 0.105. The highest BCUT2D eigenvalue weighted by atomic mass is 16.4. The van der Waals surface area contributed by atoms with Crippen molar-refractivity contribution in [3.8, 4) is 0 Å². The standard InChI is InChI=1S/C27H48N4O5/c1-6-7-8-9-10-11-12-13-14-15-16-20(17-22(32)33)23(34)29-30-25(36)24(35)28-21-18-26(2,3)31-27(4,5)19-21/h15-16,20-21,31H,6-14,17-19H2,1-5H3,(H,28,35)(H,29,34)(H,30,36)(H,32,33)/b16-15+. The fourth-order valence-electron chi connectivity index (χ4n) is 5.04. The van der Waals surface area contributed by atoms with Gasteiger partial charge < -0.3 is 15.7 Å². The van der Waals surface area contributed by atoms with Gasteiger partial charge in [-0.2, -0.15) is 0 Å². The van der Waals surface area contributed by atoms with E-state index in [4.69, 9.17) is 5.11 Å². The van der Waals surface area contributed by atoms with Crippen LogP contribution in [0, 0.1) is 5.92 Å². The summed E-state index contributed by atoms with van der Waals surface area (Å²) in [5.41, 5.74) is 3.91. The molecule has 1 atom stereocenters. The topological polar surface area (TPSA) is 137 Å². The number of carboxylic acid groups (broad SMARTS) is 1. The van der Waals surface area contributed by atoms with Crippen LogP contribution in [0.3, 0.4) is 0 Å². The summed E-state index contributed by atoms with van der Waals surface area (Å²) in [6.07, 6.45) is 14.6. The Hall–Kier alpha value is -2.42. The molecule has 0 saturated carbocycles. The lowest BCUT2D eigenvalue weighted by Gasteiger charge is -2.46. The number of piperidine rings is 1. The molecule has 1 rings (SSSR count). The number of hydrogen-bond donors (Lipinski definition) is 5. The average Bonchev–Trinajstić information content (AvgIpc) is 2.75. The van der Waals surface area contributed by atoms with E-state index < -0.39 is 36.0 Å². The number of rotatable bonds is 14. The van der Waals surface area contributed by atoms with Crippen LogP contribution in [0.15, 0.2) is 12.2 Å². The predicted molar refractivity (Wildman–Crippen MR) is 141 cm³/mol. The molecule has 0 aromatic heterocycles. The Bertz CT molecular complexity index is 747. The van der Waals surface area contributed by atoms with Crippen molar-refractivity contribution in [2.75, 3.05) is 0 Å². The maximum Gasteiger partial charge on any atom is 0.327 e. The van der Waals surface area contributed by atoms with Crippen molar-refractivity contribution in [2.45, 2.75) is 129 Å². The zero-order chi connectivity index (χ0) is 27.2. The van der Waals surface area contributed by atoms with E-state index in [-0.39, 0.29) is 17.1 Å². The lowest BCUT2D eigenvalue weighted by molar-refractivity contribution is -0.143. The van der Waals surface area contributed by atoms with E-state index in [1.807, 2.05) is 33.8 Å². The second-order valence-electron chi connectivity index (χ2n) is 11.3. The van der Waals surface area contributed by atoms with Gasteiger partial charge in [0.2, 0.25) is 5.91 Å². The van der Waals surface area contributed by atoms with Crippen LogP contribution >= 0.6 is 0 Å². The minimum atomic E-state index is -1.12.